The average Bonchev–Trinajstić information content (AvgIpc) is 3.01. The molecule has 2 amide bonds. The van der Waals surface area contributed by atoms with Crippen LogP contribution in [-0.2, 0) is 4.79 Å². The van der Waals surface area contributed by atoms with Gasteiger partial charge in [0.05, 0.1) is 11.4 Å². The first kappa shape index (κ1) is 16.0. The maximum absolute atomic E-state index is 12.3. The molecule has 1 unspecified atom stereocenters. The molecule has 1 aromatic heterocycles. The molecule has 1 fully saturated rings. The molecule has 1 aliphatic rings. The standard InChI is InChI=1S/C15H22N2O3S/c1-16(15(20)13-5-3-9-21-13)11-14(19)17-7-2-4-12(10-17)6-8-18/h3,5,9,12,18H,2,4,6-8,10-11H2,1H3. The third kappa shape index (κ3) is 4.28. The molecule has 0 radical (unpaired) electrons. The molecule has 2 heterocycles. The van der Waals surface area contributed by atoms with Crippen molar-refractivity contribution in [3.05, 3.63) is 22.4 Å². The number of hydrogen-bond acceptors (Lipinski definition) is 4. The van der Waals surface area contributed by atoms with Crippen LogP contribution in [0.15, 0.2) is 17.5 Å². The Hall–Kier alpha value is -1.40. The second-order valence-corrected chi connectivity index (χ2v) is 6.45. The van der Waals surface area contributed by atoms with Crippen molar-refractivity contribution in [1.82, 2.24) is 9.80 Å². The zero-order valence-electron chi connectivity index (χ0n) is 12.3. The van der Waals surface area contributed by atoms with Gasteiger partial charge in [0.15, 0.2) is 0 Å². The fourth-order valence-electron chi connectivity index (χ4n) is 2.67. The number of rotatable bonds is 5. The summed E-state index contributed by atoms with van der Waals surface area (Å²) in [4.78, 5) is 28.4. The molecule has 5 nitrogen and oxygen atoms in total. The highest BCUT2D eigenvalue weighted by molar-refractivity contribution is 7.12. The highest BCUT2D eigenvalue weighted by Crippen LogP contribution is 2.19. The summed E-state index contributed by atoms with van der Waals surface area (Å²) in [6.45, 7) is 1.73. The van der Waals surface area contributed by atoms with Gasteiger partial charge in [0.2, 0.25) is 5.91 Å². The van der Waals surface area contributed by atoms with E-state index in [1.807, 2.05) is 16.3 Å². The molecule has 0 aliphatic carbocycles. The molecule has 1 atom stereocenters. The van der Waals surface area contributed by atoms with Crippen molar-refractivity contribution in [2.45, 2.75) is 19.3 Å². The van der Waals surface area contributed by atoms with Crippen LogP contribution in [0.25, 0.3) is 0 Å². The van der Waals surface area contributed by atoms with E-state index in [1.54, 1.807) is 13.1 Å². The highest BCUT2D eigenvalue weighted by atomic mass is 32.1. The van der Waals surface area contributed by atoms with Crippen molar-refractivity contribution in [2.24, 2.45) is 5.92 Å². The summed E-state index contributed by atoms with van der Waals surface area (Å²) in [7, 11) is 1.66. The minimum Gasteiger partial charge on any atom is -0.396 e. The van der Waals surface area contributed by atoms with E-state index in [4.69, 9.17) is 5.11 Å². The van der Waals surface area contributed by atoms with E-state index in [0.29, 0.717) is 17.3 Å². The quantitative estimate of drug-likeness (QED) is 0.895. The van der Waals surface area contributed by atoms with Crippen LogP contribution in [-0.4, -0.2) is 60.0 Å². The lowest BCUT2D eigenvalue weighted by atomic mass is 9.95. The summed E-state index contributed by atoms with van der Waals surface area (Å²) in [6, 6.07) is 3.60. The van der Waals surface area contributed by atoms with E-state index < -0.39 is 0 Å². The van der Waals surface area contributed by atoms with E-state index >= 15 is 0 Å². The summed E-state index contributed by atoms with van der Waals surface area (Å²) in [6.07, 6.45) is 2.78. The van der Waals surface area contributed by atoms with Gasteiger partial charge >= 0.3 is 0 Å². The van der Waals surface area contributed by atoms with Crippen molar-refractivity contribution in [1.29, 1.82) is 0 Å². The van der Waals surface area contributed by atoms with Gasteiger partial charge in [-0.3, -0.25) is 9.59 Å². The fourth-order valence-corrected chi connectivity index (χ4v) is 3.39. The molecule has 1 aliphatic heterocycles. The minimum atomic E-state index is -0.109. The predicted octanol–water partition coefficient (Wildman–Crippen LogP) is 1.44. The number of likely N-dealkylation sites (N-methyl/N-ethyl adjacent to an activating group) is 1. The summed E-state index contributed by atoms with van der Waals surface area (Å²) in [5.74, 6) is 0.262. The predicted molar refractivity (Wildman–Crippen MR) is 82.3 cm³/mol. The van der Waals surface area contributed by atoms with Crippen molar-refractivity contribution < 1.29 is 14.7 Å². The topological polar surface area (TPSA) is 60.9 Å². The van der Waals surface area contributed by atoms with E-state index in [0.717, 1.165) is 25.8 Å². The van der Waals surface area contributed by atoms with Gasteiger partial charge in [-0.15, -0.1) is 11.3 Å². The number of thiophene rings is 1. The molecule has 116 valence electrons. The van der Waals surface area contributed by atoms with Crippen LogP contribution in [0.1, 0.15) is 28.9 Å². The molecule has 0 saturated carbocycles. The average molecular weight is 310 g/mol. The Balaban J connectivity index is 1.87. The first-order valence-electron chi connectivity index (χ1n) is 7.29. The fraction of sp³-hybridized carbons (Fsp3) is 0.600. The number of carbonyl (C=O) groups is 2. The third-order valence-corrected chi connectivity index (χ3v) is 4.72. The largest absolute Gasteiger partial charge is 0.396 e. The molecular weight excluding hydrogens is 288 g/mol. The summed E-state index contributed by atoms with van der Waals surface area (Å²) >= 11 is 1.39. The molecule has 2 rings (SSSR count). The molecular formula is C15H22N2O3S. The van der Waals surface area contributed by atoms with Crippen LogP contribution < -0.4 is 0 Å². The molecule has 0 spiro atoms. The third-order valence-electron chi connectivity index (χ3n) is 3.86. The first-order valence-corrected chi connectivity index (χ1v) is 8.17. The Labute approximate surface area is 129 Å². The highest BCUT2D eigenvalue weighted by Gasteiger charge is 2.25. The lowest BCUT2D eigenvalue weighted by Gasteiger charge is -2.33. The van der Waals surface area contributed by atoms with Gasteiger partial charge in [0.25, 0.3) is 5.91 Å². The maximum atomic E-state index is 12.3. The van der Waals surface area contributed by atoms with Crippen LogP contribution in [0.4, 0.5) is 0 Å². The molecule has 21 heavy (non-hydrogen) atoms. The Bertz CT molecular complexity index is 473. The lowest BCUT2D eigenvalue weighted by Crippen LogP contribution is -2.45. The SMILES string of the molecule is CN(CC(=O)N1CCCC(CCO)C1)C(=O)c1cccs1. The van der Waals surface area contributed by atoms with Gasteiger partial charge in [-0.05, 0) is 36.6 Å². The van der Waals surface area contributed by atoms with Crippen molar-refractivity contribution >= 4 is 23.2 Å². The molecule has 0 aromatic carbocycles. The molecule has 6 heteroatoms. The van der Waals surface area contributed by atoms with Gasteiger partial charge in [0.1, 0.15) is 0 Å². The number of amides is 2. The van der Waals surface area contributed by atoms with E-state index in [-0.39, 0.29) is 25.0 Å². The van der Waals surface area contributed by atoms with Crippen LogP contribution in [0, 0.1) is 5.92 Å². The zero-order chi connectivity index (χ0) is 15.2. The number of piperidine rings is 1. The van der Waals surface area contributed by atoms with Crippen molar-refractivity contribution in [3.63, 3.8) is 0 Å². The van der Waals surface area contributed by atoms with Crippen LogP contribution in [0.5, 0.6) is 0 Å². The number of aliphatic hydroxyl groups excluding tert-OH is 1. The van der Waals surface area contributed by atoms with Gasteiger partial charge in [-0.2, -0.15) is 0 Å². The Morgan fingerprint density at radius 1 is 1.52 bits per heavy atom. The number of likely N-dealkylation sites (tertiary alicyclic amines) is 1. The molecule has 1 N–H and O–H groups in total. The Morgan fingerprint density at radius 2 is 2.33 bits per heavy atom. The van der Waals surface area contributed by atoms with Crippen LogP contribution >= 0.6 is 11.3 Å². The second-order valence-electron chi connectivity index (χ2n) is 5.50. The van der Waals surface area contributed by atoms with Crippen molar-refractivity contribution in [3.8, 4) is 0 Å². The lowest BCUT2D eigenvalue weighted by molar-refractivity contribution is -0.133. The van der Waals surface area contributed by atoms with Crippen LogP contribution in [0.3, 0.4) is 0 Å². The normalized spacial score (nSPS) is 18.6. The van der Waals surface area contributed by atoms with Gasteiger partial charge in [0, 0.05) is 26.7 Å². The molecule has 1 saturated heterocycles. The number of nitrogens with zero attached hydrogens (tertiary/aromatic N) is 2. The van der Waals surface area contributed by atoms with E-state index in [2.05, 4.69) is 0 Å². The number of aliphatic hydroxyl groups is 1. The minimum absolute atomic E-state index is 0.00922. The van der Waals surface area contributed by atoms with Crippen LogP contribution in [0.2, 0.25) is 0 Å². The number of hydrogen-bond donors (Lipinski definition) is 1. The van der Waals surface area contributed by atoms with Crippen molar-refractivity contribution in [2.75, 3.05) is 33.3 Å². The zero-order valence-corrected chi connectivity index (χ0v) is 13.1. The molecule has 0 bridgehead atoms. The maximum Gasteiger partial charge on any atom is 0.264 e. The van der Waals surface area contributed by atoms with Gasteiger partial charge in [-0.1, -0.05) is 6.07 Å². The number of carbonyl (C=O) groups excluding carboxylic acids is 2. The van der Waals surface area contributed by atoms with E-state index in [9.17, 15) is 9.59 Å². The second kappa shape index (κ2) is 7.56. The monoisotopic (exact) mass is 310 g/mol. The summed E-state index contributed by atoms with van der Waals surface area (Å²) < 4.78 is 0. The van der Waals surface area contributed by atoms with E-state index in [1.165, 1.54) is 16.2 Å². The summed E-state index contributed by atoms with van der Waals surface area (Å²) in [5.41, 5.74) is 0. The summed E-state index contributed by atoms with van der Waals surface area (Å²) in [5, 5.41) is 10.9. The smallest absolute Gasteiger partial charge is 0.264 e. The Morgan fingerprint density at radius 3 is 3.00 bits per heavy atom. The van der Waals surface area contributed by atoms with Gasteiger partial charge < -0.3 is 14.9 Å². The molecule has 1 aromatic rings. The van der Waals surface area contributed by atoms with Gasteiger partial charge in [-0.25, -0.2) is 0 Å². The first-order chi connectivity index (χ1) is 10.1. The Kier molecular flexibility index (Phi) is 5.76.